The standard InChI is InChI=1S/C20H15F3N6O2/c1-9-13(7-24)16(14(8-25)10(2)26-9)11-4-5-15-12(6-11)17(28-27-15)18(30)29(3)19(31)20(21,22)23/h4-6,16,26H,1-3H3,(H,27,28). The van der Waals surface area contributed by atoms with Crippen molar-refractivity contribution in [1.29, 1.82) is 10.5 Å². The van der Waals surface area contributed by atoms with E-state index in [9.17, 15) is 33.3 Å². The third-order valence-electron chi connectivity index (χ3n) is 4.98. The number of alkyl halides is 3. The summed E-state index contributed by atoms with van der Waals surface area (Å²) in [4.78, 5) is 23.9. The molecule has 0 atom stereocenters. The number of H-pyrrole nitrogens is 1. The monoisotopic (exact) mass is 428 g/mol. The zero-order valence-corrected chi connectivity index (χ0v) is 16.5. The first-order chi connectivity index (χ1) is 14.5. The van der Waals surface area contributed by atoms with E-state index in [-0.39, 0.29) is 16.0 Å². The summed E-state index contributed by atoms with van der Waals surface area (Å²) in [5.41, 5.74) is 2.13. The number of nitriles is 2. The normalized spacial score (nSPS) is 14.8. The van der Waals surface area contributed by atoms with E-state index in [4.69, 9.17) is 0 Å². The van der Waals surface area contributed by atoms with Crippen molar-refractivity contribution in [2.75, 3.05) is 7.05 Å². The Hall–Kier alpha value is -4.12. The van der Waals surface area contributed by atoms with E-state index >= 15 is 0 Å². The van der Waals surface area contributed by atoms with Gasteiger partial charge in [-0.2, -0.15) is 28.8 Å². The molecule has 0 saturated heterocycles. The number of hydrogen-bond acceptors (Lipinski definition) is 6. The molecule has 2 amide bonds. The second kappa shape index (κ2) is 7.61. The van der Waals surface area contributed by atoms with Gasteiger partial charge in [0.15, 0.2) is 5.69 Å². The number of halogens is 3. The van der Waals surface area contributed by atoms with E-state index in [1.54, 1.807) is 19.9 Å². The molecule has 0 bridgehead atoms. The molecule has 0 fully saturated rings. The summed E-state index contributed by atoms with van der Waals surface area (Å²) in [7, 11) is 0.717. The number of rotatable bonds is 2. The van der Waals surface area contributed by atoms with E-state index < -0.39 is 23.9 Å². The summed E-state index contributed by atoms with van der Waals surface area (Å²) in [6.45, 7) is 3.37. The number of nitrogens with zero attached hydrogens (tertiary/aromatic N) is 4. The highest BCUT2D eigenvalue weighted by molar-refractivity contribution is 6.11. The second-order valence-corrected chi connectivity index (χ2v) is 6.90. The van der Waals surface area contributed by atoms with Gasteiger partial charge in [0.2, 0.25) is 0 Å². The fraction of sp³-hybridized carbons (Fsp3) is 0.250. The lowest BCUT2D eigenvalue weighted by atomic mass is 9.81. The van der Waals surface area contributed by atoms with Crippen LogP contribution in [0, 0.1) is 22.7 Å². The number of aromatic amines is 1. The van der Waals surface area contributed by atoms with Crippen LogP contribution in [-0.4, -0.2) is 40.1 Å². The number of dihydropyridines is 1. The van der Waals surface area contributed by atoms with Crippen LogP contribution in [0.25, 0.3) is 10.9 Å². The van der Waals surface area contributed by atoms with Gasteiger partial charge in [0, 0.05) is 23.8 Å². The minimum Gasteiger partial charge on any atom is -0.361 e. The summed E-state index contributed by atoms with van der Waals surface area (Å²) in [6.07, 6.45) is -5.22. The number of nitrogens with one attached hydrogen (secondary N) is 2. The Morgan fingerprint density at radius 2 is 1.71 bits per heavy atom. The zero-order chi connectivity index (χ0) is 23.1. The highest BCUT2D eigenvalue weighted by Gasteiger charge is 2.44. The van der Waals surface area contributed by atoms with Gasteiger partial charge in [-0.15, -0.1) is 0 Å². The number of aromatic nitrogens is 2. The predicted molar refractivity (Wildman–Crippen MR) is 102 cm³/mol. The Morgan fingerprint density at radius 1 is 1.13 bits per heavy atom. The van der Waals surface area contributed by atoms with E-state index in [1.807, 2.05) is 0 Å². The molecule has 0 saturated carbocycles. The first-order valence-corrected chi connectivity index (χ1v) is 8.87. The van der Waals surface area contributed by atoms with Crippen molar-refractivity contribution >= 4 is 22.7 Å². The highest BCUT2D eigenvalue weighted by atomic mass is 19.4. The Balaban J connectivity index is 2.13. The number of fused-ring (bicyclic) bond motifs is 1. The quantitative estimate of drug-likeness (QED) is 0.757. The van der Waals surface area contributed by atoms with Gasteiger partial charge in [0.25, 0.3) is 5.91 Å². The van der Waals surface area contributed by atoms with Crippen LogP contribution in [0.5, 0.6) is 0 Å². The van der Waals surface area contributed by atoms with Gasteiger partial charge in [0.1, 0.15) is 0 Å². The number of benzene rings is 1. The van der Waals surface area contributed by atoms with Gasteiger partial charge in [-0.05, 0) is 31.5 Å². The van der Waals surface area contributed by atoms with Crippen molar-refractivity contribution in [2.24, 2.45) is 0 Å². The second-order valence-electron chi connectivity index (χ2n) is 6.90. The summed E-state index contributed by atoms with van der Waals surface area (Å²) in [6, 6.07) is 8.80. The first kappa shape index (κ1) is 21.6. The number of imide groups is 1. The van der Waals surface area contributed by atoms with E-state index in [1.165, 1.54) is 12.1 Å². The van der Waals surface area contributed by atoms with E-state index in [2.05, 4.69) is 27.7 Å². The maximum Gasteiger partial charge on any atom is 0.471 e. The molecule has 158 valence electrons. The largest absolute Gasteiger partial charge is 0.471 e. The molecule has 2 heterocycles. The summed E-state index contributed by atoms with van der Waals surface area (Å²) < 4.78 is 38.1. The molecule has 0 spiro atoms. The summed E-state index contributed by atoms with van der Waals surface area (Å²) in [5.74, 6) is -4.29. The van der Waals surface area contributed by atoms with Crippen LogP contribution in [0.3, 0.4) is 0 Å². The third-order valence-corrected chi connectivity index (χ3v) is 4.98. The smallest absolute Gasteiger partial charge is 0.361 e. The Bertz CT molecular complexity index is 1220. The van der Waals surface area contributed by atoms with Crippen molar-refractivity contribution in [2.45, 2.75) is 25.9 Å². The highest BCUT2D eigenvalue weighted by Crippen LogP contribution is 2.38. The van der Waals surface area contributed by atoms with Crippen LogP contribution in [0.1, 0.15) is 35.8 Å². The lowest BCUT2D eigenvalue weighted by Gasteiger charge is -2.26. The number of hydrogen-bond donors (Lipinski definition) is 2. The maximum absolute atomic E-state index is 12.7. The van der Waals surface area contributed by atoms with Crippen molar-refractivity contribution in [1.82, 2.24) is 20.4 Å². The van der Waals surface area contributed by atoms with E-state index in [0.29, 0.717) is 33.6 Å². The molecule has 31 heavy (non-hydrogen) atoms. The van der Waals surface area contributed by atoms with Crippen LogP contribution >= 0.6 is 0 Å². The molecule has 0 radical (unpaired) electrons. The van der Waals surface area contributed by atoms with Crippen molar-refractivity contribution in [3.8, 4) is 12.1 Å². The molecule has 11 heteroatoms. The molecule has 1 aliphatic rings. The topological polar surface area (TPSA) is 126 Å². The first-order valence-electron chi connectivity index (χ1n) is 8.87. The summed E-state index contributed by atoms with van der Waals surface area (Å²) >= 11 is 0. The molecule has 2 aromatic rings. The Labute approximate surface area is 174 Å². The Kier molecular flexibility index (Phi) is 5.30. The molecule has 8 nitrogen and oxygen atoms in total. The molecule has 1 aromatic heterocycles. The van der Waals surface area contributed by atoms with Crippen molar-refractivity contribution in [3.05, 3.63) is 52.0 Å². The number of carbonyl (C=O) groups excluding carboxylic acids is 2. The molecule has 0 aliphatic carbocycles. The van der Waals surface area contributed by atoms with Gasteiger partial charge in [0.05, 0.1) is 34.7 Å². The SMILES string of the molecule is CC1=C(C#N)C(c2ccc3[nH]nc(C(=O)N(C)C(=O)C(F)(F)F)c3c2)C(C#N)=C(C)N1. The molecular weight excluding hydrogens is 413 g/mol. The molecule has 1 aromatic carbocycles. The lowest BCUT2D eigenvalue weighted by Crippen LogP contribution is -2.42. The fourth-order valence-electron chi connectivity index (χ4n) is 3.44. The molecule has 0 unspecified atom stereocenters. The average molecular weight is 428 g/mol. The van der Waals surface area contributed by atoms with Gasteiger partial charge in [-0.3, -0.25) is 19.6 Å². The van der Waals surface area contributed by atoms with Crippen molar-refractivity contribution < 1.29 is 22.8 Å². The minimum absolute atomic E-state index is 0.0532. The maximum atomic E-state index is 12.7. The van der Waals surface area contributed by atoms with Crippen LogP contribution in [0.2, 0.25) is 0 Å². The minimum atomic E-state index is -5.22. The average Bonchev–Trinajstić information content (AvgIpc) is 3.14. The van der Waals surface area contributed by atoms with Gasteiger partial charge in [-0.1, -0.05) is 6.07 Å². The van der Waals surface area contributed by atoms with E-state index in [0.717, 1.165) is 7.05 Å². The Morgan fingerprint density at radius 3 is 2.23 bits per heavy atom. The third kappa shape index (κ3) is 3.62. The number of amides is 2. The summed E-state index contributed by atoms with van der Waals surface area (Å²) in [5, 5.41) is 28.7. The van der Waals surface area contributed by atoms with Crippen LogP contribution < -0.4 is 5.32 Å². The van der Waals surface area contributed by atoms with Crippen LogP contribution in [0.15, 0.2) is 40.7 Å². The lowest BCUT2D eigenvalue weighted by molar-refractivity contribution is -0.181. The van der Waals surface area contributed by atoms with Gasteiger partial charge < -0.3 is 5.32 Å². The molecular formula is C20H15F3N6O2. The molecule has 2 N–H and O–H groups in total. The predicted octanol–water partition coefficient (Wildman–Crippen LogP) is 3.01. The van der Waals surface area contributed by atoms with Crippen LogP contribution in [-0.2, 0) is 4.79 Å². The fourth-order valence-corrected chi connectivity index (χ4v) is 3.44. The molecule has 3 rings (SSSR count). The molecule has 1 aliphatic heterocycles. The van der Waals surface area contributed by atoms with Gasteiger partial charge in [-0.25, -0.2) is 0 Å². The van der Waals surface area contributed by atoms with Gasteiger partial charge >= 0.3 is 12.1 Å². The van der Waals surface area contributed by atoms with Crippen molar-refractivity contribution in [3.63, 3.8) is 0 Å². The zero-order valence-electron chi connectivity index (χ0n) is 16.5. The number of carbonyl (C=O) groups is 2. The number of allylic oxidation sites excluding steroid dienone is 4. The van der Waals surface area contributed by atoms with Crippen LogP contribution in [0.4, 0.5) is 13.2 Å².